The number of nitrogens with one attached hydrogen (secondary N) is 2. The Morgan fingerprint density at radius 3 is 2.70 bits per heavy atom. The number of fused-ring (bicyclic) bond motifs is 1. The smallest absolute Gasteiger partial charge is 0.267 e. The molecule has 6 heteroatoms. The van der Waals surface area contributed by atoms with Gasteiger partial charge in [-0.3, -0.25) is 4.79 Å². The Morgan fingerprint density at radius 1 is 1.13 bits per heavy atom. The van der Waals surface area contributed by atoms with E-state index in [4.69, 9.17) is 23.2 Å². The summed E-state index contributed by atoms with van der Waals surface area (Å²) in [5.74, 6) is -0.293. The van der Waals surface area contributed by atoms with Gasteiger partial charge >= 0.3 is 0 Å². The molecule has 0 saturated carbocycles. The Morgan fingerprint density at radius 2 is 1.91 bits per heavy atom. The highest BCUT2D eigenvalue weighted by Gasteiger charge is 2.13. The van der Waals surface area contributed by atoms with Crippen molar-refractivity contribution >= 4 is 40.0 Å². The lowest BCUT2D eigenvalue weighted by Gasteiger charge is -2.12. The van der Waals surface area contributed by atoms with Crippen LogP contribution in [0.2, 0.25) is 10.0 Å². The van der Waals surface area contributed by atoms with Crippen molar-refractivity contribution in [2.45, 2.75) is 6.10 Å². The topological polar surface area (TPSA) is 65.1 Å². The molecule has 4 nitrogen and oxygen atoms in total. The zero-order valence-electron chi connectivity index (χ0n) is 12.0. The van der Waals surface area contributed by atoms with Crippen molar-refractivity contribution in [3.8, 4) is 0 Å². The summed E-state index contributed by atoms with van der Waals surface area (Å²) in [5, 5.41) is 14.9. The average molecular weight is 349 g/mol. The Bertz CT molecular complexity index is 861. The number of carbonyl (C=O) groups excluding carboxylic acids is 1. The molecule has 0 aliphatic carbocycles. The highest BCUT2D eigenvalue weighted by Crippen LogP contribution is 2.20. The Labute approximate surface area is 143 Å². The van der Waals surface area contributed by atoms with Crippen molar-refractivity contribution in [1.82, 2.24) is 10.3 Å². The van der Waals surface area contributed by atoms with Gasteiger partial charge in [-0.15, -0.1) is 0 Å². The lowest BCUT2D eigenvalue weighted by molar-refractivity contribution is 0.0912. The Hall–Kier alpha value is -2.01. The van der Waals surface area contributed by atoms with Crippen LogP contribution in [0.3, 0.4) is 0 Å². The maximum absolute atomic E-state index is 12.2. The van der Waals surface area contributed by atoms with Crippen molar-refractivity contribution in [1.29, 1.82) is 0 Å². The van der Waals surface area contributed by atoms with Gasteiger partial charge in [0.25, 0.3) is 5.91 Å². The van der Waals surface area contributed by atoms with E-state index in [1.807, 2.05) is 6.07 Å². The van der Waals surface area contributed by atoms with Crippen LogP contribution in [-0.2, 0) is 0 Å². The maximum atomic E-state index is 12.2. The molecule has 2 aromatic carbocycles. The first-order valence-corrected chi connectivity index (χ1v) is 7.78. The number of H-pyrrole nitrogens is 1. The molecule has 23 heavy (non-hydrogen) atoms. The van der Waals surface area contributed by atoms with Gasteiger partial charge in [-0.05, 0) is 35.9 Å². The maximum Gasteiger partial charge on any atom is 0.267 e. The van der Waals surface area contributed by atoms with Gasteiger partial charge in [0, 0.05) is 27.5 Å². The van der Waals surface area contributed by atoms with Gasteiger partial charge in [0.2, 0.25) is 0 Å². The number of halogens is 2. The fourth-order valence-electron chi connectivity index (χ4n) is 2.34. The predicted octanol–water partition coefficient (Wildman–Crippen LogP) is 3.94. The van der Waals surface area contributed by atoms with E-state index >= 15 is 0 Å². The third-order valence-corrected chi connectivity index (χ3v) is 3.99. The molecule has 0 bridgehead atoms. The minimum atomic E-state index is -0.823. The van der Waals surface area contributed by atoms with E-state index in [0.29, 0.717) is 21.3 Å². The second-order valence-electron chi connectivity index (χ2n) is 5.20. The predicted molar refractivity (Wildman–Crippen MR) is 92.1 cm³/mol. The minimum absolute atomic E-state index is 0.0926. The monoisotopic (exact) mass is 348 g/mol. The first-order chi connectivity index (χ1) is 11.0. The van der Waals surface area contributed by atoms with Gasteiger partial charge in [-0.2, -0.15) is 0 Å². The highest BCUT2D eigenvalue weighted by atomic mass is 35.5. The number of aliphatic hydroxyl groups is 1. The number of carbonyl (C=O) groups is 1. The molecule has 1 heterocycles. The Balaban J connectivity index is 1.68. The van der Waals surface area contributed by atoms with Crippen molar-refractivity contribution < 1.29 is 9.90 Å². The summed E-state index contributed by atoms with van der Waals surface area (Å²) >= 11 is 11.8. The molecule has 3 N–H and O–H groups in total. The zero-order valence-corrected chi connectivity index (χ0v) is 13.5. The zero-order chi connectivity index (χ0) is 16.4. The molecule has 118 valence electrons. The fraction of sp³-hybridized carbons (Fsp3) is 0.118. The van der Waals surface area contributed by atoms with Crippen LogP contribution in [0.15, 0.2) is 48.5 Å². The van der Waals surface area contributed by atoms with Gasteiger partial charge in [0.15, 0.2) is 0 Å². The normalized spacial score (nSPS) is 12.3. The number of rotatable bonds is 4. The van der Waals surface area contributed by atoms with Gasteiger partial charge in [-0.25, -0.2) is 0 Å². The van der Waals surface area contributed by atoms with Gasteiger partial charge in [-0.1, -0.05) is 41.4 Å². The first-order valence-electron chi connectivity index (χ1n) is 7.03. The fourth-order valence-corrected chi connectivity index (χ4v) is 2.71. The van der Waals surface area contributed by atoms with Crippen LogP contribution in [0.1, 0.15) is 22.2 Å². The SMILES string of the molecule is O=C(NCC(O)c1cccc(Cl)c1)c1cc2ccc(Cl)cc2[nH]1. The lowest BCUT2D eigenvalue weighted by Crippen LogP contribution is -2.28. The number of aromatic nitrogens is 1. The number of hydrogen-bond donors (Lipinski definition) is 3. The second-order valence-corrected chi connectivity index (χ2v) is 6.07. The lowest BCUT2D eigenvalue weighted by atomic mass is 10.1. The van der Waals surface area contributed by atoms with Crippen LogP contribution in [0.5, 0.6) is 0 Å². The molecule has 0 aliphatic heterocycles. The van der Waals surface area contributed by atoms with Crippen molar-refractivity contribution in [2.24, 2.45) is 0 Å². The molecule has 1 amide bonds. The Kier molecular flexibility index (Phi) is 4.57. The van der Waals surface area contributed by atoms with Gasteiger partial charge < -0.3 is 15.4 Å². The van der Waals surface area contributed by atoms with Gasteiger partial charge in [0.05, 0.1) is 6.10 Å². The highest BCUT2D eigenvalue weighted by molar-refractivity contribution is 6.31. The van der Waals surface area contributed by atoms with E-state index in [9.17, 15) is 9.90 Å². The van der Waals surface area contributed by atoms with E-state index in [1.165, 1.54) is 0 Å². The first kappa shape index (κ1) is 15.9. The molecule has 0 spiro atoms. The summed E-state index contributed by atoms with van der Waals surface area (Å²) in [4.78, 5) is 15.2. The molecule has 1 unspecified atom stereocenters. The standard InChI is InChI=1S/C17H14Cl2N2O2/c18-12-3-1-2-11(6-12)16(22)9-20-17(23)15-7-10-4-5-13(19)8-14(10)21-15/h1-8,16,21-22H,9H2,(H,20,23). The molecule has 3 aromatic rings. The largest absolute Gasteiger partial charge is 0.387 e. The minimum Gasteiger partial charge on any atom is -0.387 e. The van der Waals surface area contributed by atoms with E-state index in [1.54, 1.807) is 42.5 Å². The average Bonchev–Trinajstić information content (AvgIpc) is 2.95. The van der Waals surface area contributed by atoms with Crippen LogP contribution in [0.4, 0.5) is 0 Å². The molecule has 0 aliphatic rings. The van der Waals surface area contributed by atoms with E-state index in [2.05, 4.69) is 10.3 Å². The molecule has 0 radical (unpaired) electrons. The van der Waals surface area contributed by atoms with Crippen molar-refractivity contribution in [2.75, 3.05) is 6.54 Å². The van der Waals surface area contributed by atoms with Crippen molar-refractivity contribution in [3.05, 3.63) is 69.8 Å². The molecular weight excluding hydrogens is 335 g/mol. The van der Waals surface area contributed by atoms with E-state index in [0.717, 1.165) is 10.9 Å². The van der Waals surface area contributed by atoms with Crippen LogP contribution in [0, 0.1) is 0 Å². The van der Waals surface area contributed by atoms with Crippen molar-refractivity contribution in [3.63, 3.8) is 0 Å². The molecule has 1 aromatic heterocycles. The quantitative estimate of drug-likeness (QED) is 0.668. The summed E-state index contributed by atoms with van der Waals surface area (Å²) in [7, 11) is 0. The molecule has 3 rings (SSSR count). The van der Waals surface area contributed by atoms with E-state index in [-0.39, 0.29) is 12.5 Å². The third kappa shape index (κ3) is 3.67. The van der Waals surface area contributed by atoms with Crippen LogP contribution in [-0.4, -0.2) is 22.5 Å². The number of aromatic amines is 1. The number of benzene rings is 2. The molecule has 0 fully saturated rings. The molecule has 0 saturated heterocycles. The van der Waals surface area contributed by atoms with Crippen LogP contribution in [0.25, 0.3) is 10.9 Å². The van der Waals surface area contributed by atoms with Crippen LogP contribution >= 0.6 is 23.2 Å². The molecular formula is C17H14Cl2N2O2. The second kappa shape index (κ2) is 6.62. The summed E-state index contributed by atoms with van der Waals surface area (Å²) in [5.41, 5.74) is 1.86. The number of hydrogen-bond acceptors (Lipinski definition) is 2. The number of amides is 1. The summed E-state index contributed by atoms with van der Waals surface area (Å²) in [6.07, 6.45) is -0.823. The molecule has 1 atom stereocenters. The van der Waals surface area contributed by atoms with Crippen LogP contribution < -0.4 is 5.32 Å². The summed E-state index contributed by atoms with van der Waals surface area (Å²) in [6.45, 7) is 0.0926. The summed E-state index contributed by atoms with van der Waals surface area (Å²) in [6, 6.07) is 14.0. The number of aliphatic hydroxyl groups excluding tert-OH is 1. The van der Waals surface area contributed by atoms with Gasteiger partial charge in [0.1, 0.15) is 5.69 Å². The summed E-state index contributed by atoms with van der Waals surface area (Å²) < 4.78 is 0. The van der Waals surface area contributed by atoms with E-state index < -0.39 is 6.10 Å². The third-order valence-electron chi connectivity index (χ3n) is 3.52.